The summed E-state index contributed by atoms with van der Waals surface area (Å²) in [4.78, 5) is 17.4. The van der Waals surface area contributed by atoms with Crippen LogP contribution in [0.15, 0.2) is 36.4 Å². The molecule has 108 valence electrons. The van der Waals surface area contributed by atoms with Gasteiger partial charge >= 0.3 is 5.97 Å². The quantitative estimate of drug-likeness (QED) is 0.633. The number of carbonyl (C=O) groups is 1. The Morgan fingerprint density at radius 1 is 0.952 bits per heavy atom. The van der Waals surface area contributed by atoms with Gasteiger partial charge in [0.2, 0.25) is 0 Å². The monoisotopic (exact) mass is 352 g/mol. The number of rotatable bonds is 5. The molecule has 0 saturated carbocycles. The standard InChI is InChI=1S/C15H12O2S4/c1-18-8-9-2-3-10(19-9)11-4-5-12(20-11)13-6-7-14(21-13)15(16)17/h2-7H,8H2,1H3,(H,16,17). The Morgan fingerprint density at radius 2 is 1.52 bits per heavy atom. The van der Waals surface area contributed by atoms with Crippen molar-refractivity contribution in [3.8, 4) is 19.5 Å². The molecule has 0 amide bonds. The van der Waals surface area contributed by atoms with Gasteiger partial charge in [0.05, 0.1) is 0 Å². The summed E-state index contributed by atoms with van der Waals surface area (Å²) in [5.41, 5.74) is 0. The summed E-state index contributed by atoms with van der Waals surface area (Å²) in [6.07, 6.45) is 2.11. The Labute approximate surface area is 139 Å². The van der Waals surface area contributed by atoms with E-state index in [1.54, 1.807) is 17.4 Å². The molecule has 0 aliphatic rings. The summed E-state index contributed by atoms with van der Waals surface area (Å²) in [6, 6.07) is 12.1. The van der Waals surface area contributed by atoms with E-state index in [4.69, 9.17) is 5.11 Å². The smallest absolute Gasteiger partial charge is 0.345 e. The molecule has 6 heteroatoms. The van der Waals surface area contributed by atoms with E-state index in [1.165, 1.54) is 26.0 Å². The molecule has 1 N–H and O–H groups in total. The molecule has 0 bridgehead atoms. The van der Waals surface area contributed by atoms with Crippen molar-refractivity contribution in [2.75, 3.05) is 6.26 Å². The second-order valence-corrected chi connectivity index (χ2v) is 8.53. The molecule has 0 aliphatic heterocycles. The van der Waals surface area contributed by atoms with Crippen molar-refractivity contribution < 1.29 is 9.90 Å². The van der Waals surface area contributed by atoms with E-state index in [0.717, 1.165) is 15.5 Å². The lowest BCUT2D eigenvalue weighted by atomic mass is 10.3. The SMILES string of the molecule is CSCc1ccc(-c2ccc(-c3ccc(C(=O)O)s3)s2)s1. The number of aromatic carboxylic acids is 1. The summed E-state index contributed by atoms with van der Waals surface area (Å²) in [5, 5.41) is 9.00. The summed E-state index contributed by atoms with van der Waals surface area (Å²) in [7, 11) is 0. The van der Waals surface area contributed by atoms with E-state index in [1.807, 2.05) is 29.2 Å². The molecule has 0 spiro atoms. The highest BCUT2D eigenvalue weighted by Crippen LogP contribution is 2.40. The second kappa shape index (κ2) is 6.36. The fourth-order valence-corrected chi connectivity index (χ4v) is 5.72. The van der Waals surface area contributed by atoms with Crippen molar-refractivity contribution >= 4 is 51.7 Å². The summed E-state index contributed by atoms with van der Waals surface area (Å²) >= 11 is 6.70. The Morgan fingerprint density at radius 3 is 2.14 bits per heavy atom. The Bertz CT molecular complexity index is 766. The van der Waals surface area contributed by atoms with Crippen molar-refractivity contribution in [2.24, 2.45) is 0 Å². The topological polar surface area (TPSA) is 37.3 Å². The molecule has 0 radical (unpaired) electrons. The van der Waals surface area contributed by atoms with Crippen LogP contribution in [0.1, 0.15) is 14.5 Å². The van der Waals surface area contributed by atoms with Crippen LogP contribution < -0.4 is 0 Å². The highest BCUT2D eigenvalue weighted by molar-refractivity contribution is 7.97. The fraction of sp³-hybridized carbons (Fsp3) is 0.133. The van der Waals surface area contributed by atoms with Gasteiger partial charge in [0.1, 0.15) is 4.88 Å². The third kappa shape index (κ3) is 3.23. The second-order valence-electron chi connectivity index (χ2n) is 4.33. The maximum atomic E-state index is 11.0. The van der Waals surface area contributed by atoms with E-state index < -0.39 is 5.97 Å². The van der Waals surface area contributed by atoms with Gasteiger partial charge in [-0.05, 0) is 42.7 Å². The fourth-order valence-electron chi connectivity index (χ4n) is 1.92. The largest absolute Gasteiger partial charge is 0.477 e. The van der Waals surface area contributed by atoms with Crippen molar-refractivity contribution in [3.63, 3.8) is 0 Å². The van der Waals surface area contributed by atoms with Gasteiger partial charge < -0.3 is 5.11 Å². The maximum Gasteiger partial charge on any atom is 0.345 e. The first-order valence-electron chi connectivity index (χ1n) is 6.19. The minimum atomic E-state index is -0.858. The maximum absolute atomic E-state index is 11.0. The molecule has 3 aromatic rings. The molecular formula is C15H12O2S4. The van der Waals surface area contributed by atoms with Crippen LogP contribution in [-0.4, -0.2) is 17.3 Å². The molecule has 0 aliphatic carbocycles. The van der Waals surface area contributed by atoms with Crippen LogP contribution in [0.25, 0.3) is 19.5 Å². The van der Waals surface area contributed by atoms with Crippen LogP contribution >= 0.6 is 45.8 Å². The lowest BCUT2D eigenvalue weighted by Crippen LogP contribution is -1.89. The first-order chi connectivity index (χ1) is 10.2. The molecule has 3 aromatic heterocycles. The molecule has 3 rings (SSSR count). The van der Waals surface area contributed by atoms with E-state index in [0.29, 0.717) is 4.88 Å². The van der Waals surface area contributed by atoms with Gasteiger partial charge in [-0.25, -0.2) is 4.79 Å². The summed E-state index contributed by atoms with van der Waals surface area (Å²) < 4.78 is 0. The minimum absolute atomic E-state index is 0.387. The number of thioether (sulfide) groups is 1. The van der Waals surface area contributed by atoms with E-state index >= 15 is 0 Å². The molecule has 2 nitrogen and oxygen atoms in total. The van der Waals surface area contributed by atoms with Gasteiger partial charge in [0, 0.05) is 30.1 Å². The molecule has 0 unspecified atom stereocenters. The number of hydrogen-bond donors (Lipinski definition) is 1. The van der Waals surface area contributed by atoms with Gasteiger partial charge in [-0.1, -0.05) is 0 Å². The van der Waals surface area contributed by atoms with Crippen LogP contribution in [0, 0.1) is 0 Å². The molecule has 21 heavy (non-hydrogen) atoms. The highest BCUT2D eigenvalue weighted by Gasteiger charge is 2.11. The van der Waals surface area contributed by atoms with E-state index in [-0.39, 0.29) is 0 Å². The van der Waals surface area contributed by atoms with Crippen LogP contribution in [0.4, 0.5) is 0 Å². The average molecular weight is 353 g/mol. The van der Waals surface area contributed by atoms with Crippen molar-refractivity contribution in [1.82, 2.24) is 0 Å². The van der Waals surface area contributed by atoms with Crippen molar-refractivity contribution in [3.05, 3.63) is 46.2 Å². The third-order valence-corrected chi connectivity index (χ3v) is 7.27. The lowest BCUT2D eigenvalue weighted by Gasteiger charge is -1.92. The van der Waals surface area contributed by atoms with Gasteiger partial charge in [0.25, 0.3) is 0 Å². The minimum Gasteiger partial charge on any atom is -0.477 e. The lowest BCUT2D eigenvalue weighted by molar-refractivity contribution is 0.0702. The van der Waals surface area contributed by atoms with Crippen LogP contribution in [-0.2, 0) is 5.75 Å². The number of carboxylic acid groups (broad SMARTS) is 1. The van der Waals surface area contributed by atoms with Crippen molar-refractivity contribution in [1.29, 1.82) is 0 Å². The number of thiophene rings is 3. The van der Waals surface area contributed by atoms with Gasteiger partial charge in [-0.2, -0.15) is 11.8 Å². The third-order valence-electron chi connectivity index (χ3n) is 2.86. The molecule has 0 fully saturated rings. The Hall–Kier alpha value is -1.08. The Kier molecular flexibility index (Phi) is 4.49. The normalized spacial score (nSPS) is 10.9. The predicted molar refractivity (Wildman–Crippen MR) is 95.1 cm³/mol. The van der Waals surface area contributed by atoms with Crippen LogP contribution in [0.3, 0.4) is 0 Å². The van der Waals surface area contributed by atoms with Gasteiger partial charge in [-0.3, -0.25) is 0 Å². The number of carboxylic acids is 1. The number of hydrogen-bond acceptors (Lipinski definition) is 5. The molecular weight excluding hydrogens is 340 g/mol. The van der Waals surface area contributed by atoms with Gasteiger partial charge in [0.15, 0.2) is 0 Å². The van der Waals surface area contributed by atoms with Gasteiger partial charge in [-0.15, -0.1) is 34.0 Å². The Balaban J connectivity index is 1.86. The molecule has 0 saturated heterocycles. The highest BCUT2D eigenvalue weighted by atomic mass is 32.2. The van der Waals surface area contributed by atoms with E-state index in [2.05, 4.69) is 30.5 Å². The first kappa shape index (κ1) is 14.8. The van der Waals surface area contributed by atoms with Crippen LogP contribution in [0.5, 0.6) is 0 Å². The molecule has 0 aromatic carbocycles. The zero-order valence-corrected chi connectivity index (χ0v) is 14.4. The summed E-state index contributed by atoms with van der Waals surface area (Å²) in [6.45, 7) is 0. The van der Waals surface area contributed by atoms with Crippen LogP contribution in [0.2, 0.25) is 0 Å². The summed E-state index contributed by atoms with van der Waals surface area (Å²) in [5.74, 6) is 0.193. The zero-order valence-electron chi connectivity index (χ0n) is 11.2. The molecule has 0 atom stereocenters. The molecule has 3 heterocycles. The first-order valence-corrected chi connectivity index (χ1v) is 10.0. The van der Waals surface area contributed by atoms with E-state index in [9.17, 15) is 4.79 Å². The zero-order chi connectivity index (χ0) is 14.8. The van der Waals surface area contributed by atoms with Crippen molar-refractivity contribution in [2.45, 2.75) is 5.75 Å². The predicted octanol–water partition coefficient (Wildman–Crippen LogP) is 5.77. The average Bonchev–Trinajstić information content (AvgIpc) is 3.18.